The minimum atomic E-state index is -5.11. The number of halogens is 6. The average Bonchev–Trinajstić information content (AvgIpc) is 3.49. The maximum Gasteiger partial charge on any atom is 0.471 e. The van der Waals surface area contributed by atoms with Gasteiger partial charge in [0.15, 0.2) is 0 Å². The van der Waals surface area contributed by atoms with E-state index >= 15 is 4.39 Å². The van der Waals surface area contributed by atoms with Crippen molar-refractivity contribution in [2.75, 3.05) is 0 Å². The van der Waals surface area contributed by atoms with E-state index in [4.69, 9.17) is 27.9 Å². The van der Waals surface area contributed by atoms with Crippen molar-refractivity contribution >= 4 is 35.0 Å². The van der Waals surface area contributed by atoms with E-state index in [2.05, 4.69) is 5.32 Å². The molecule has 34 heavy (non-hydrogen) atoms. The Balaban J connectivity index is 1.81. The lowest BCUT2D eigenvalue weighted by molar-refractivity contribution is -0.175. The van der Waals surface area contributed by atoms with E-state index in [1.54, 1.807) is 17.4 Å². The Kier molecular flexibility index (Phi) is 7.38. The largest absolute Gasteiger partial charge is 0.489 e. The Labute approximate surface area is 203 Å². The van der Waals surface area contributed by atoms with Crippen molar-refractivity contribution in [3.8, 4) is 16.9 Å². The molecule has 0 aliphatic heterocycles. The summed E-state index contributed by atoms with van der Waals surface area (Å²) in [4.78, 5) is 23.8. The topological polar surface area (TPSA) is 67.4 Å². The van der Waals surface area contributed by atoms with E-state index in [0.29, 0.717) is 21.9 Å². The third-order valence-corrected chi connectivity index (χ3v) is 5.78. The monoisotopic (exact) mass is 520 g/mol. The third-order valence-electron chi connectivity index (χ3n) is 5.28. The first-order valence-corrected chi connectivity index (χ1v) is 11.1. The highest BCUT2D eigenvalue weighted by molar-refractivity contribution is 6.36. The molecule has 184 valence electrons. The maximum atomic E-state index is 15.0. The molecular formula is C23H22Cl2F4N2O3. The summed E-state index contributed by atoms with van der Waals surface area (Å²) in [5.41, 5.74) is -0.636. The average molecular weight is 521 g/mol. The summed E-state index contributed by atoms with van der Waals surface area (Å²) >= 11 is 12.4. The van der Waals surface area contributed by atoms with Gasteiger partial charge in [0.05, 0.1) is 17.2 Å². The van der Waals surface area contributed by atoms with Crippen LogP contribution in [-0.2, 0) is 9.59 Å². The van der Waals surface area contributed by atoms with Crippen molar-refractivity contribution in [3.05, 3.63) is 51.8 Å². The number of carbonyl (C=O) groups excluding carboxylic acids is 2. The molecule has 1 fully saturated rings. The van der Waals surface area contributed by atoms with Crippen LogP contribution in [0.1, 0.15) is 45.2 Å². The summed E-state index contributed by atoms with van der Waals surface area (Å²) in [5, 5.41) is 4.81. The summed E-state index contributed by atoms with van der Waals surface area (Å²) < 4.78 is 58.5. The van der Waals surface area contributed by atoms with Crippen LogP contribution in [0.4, 0.5) is 17.6 Å². The molecule has 1 atom stereocenters. The summed E-state index contributed by atoms with van der Waals surface area (Å²) in [5.74, 6) is -3.33. The van der Waals surface area contributed by atoms with Crippen LogP contribution in [0.2, 0.25) is 10.0 Å². The zero-order chi connectivity index (χ0) is 25.4. The van der Waals surface area contributed by atoms with Gasteiger partial charge in [0.2, 0.25) is 5.91 Å². The van der Waals surface area contributed by atoms with Gasteiger partial charge < -0.3 is 15.4 Å². The Hall–Kier alpha value is -2.52. The van der Waals surface area contributed by atoms with Crippen LogP contribution in [0.15, 0.2) is 30.3 Å². The summed E-state index contributed by atoms with van der Waals surface area (Å²) in [6.07, 6.45) is -5.19. The van der Waals surface area contributed by atoms with Crippen LogP contribution < -0.4 is 15.4 Å². The second-order valence-electron chi connectivity index (χ2n) is 8.40. The van der Waals surface area contributed by atoms with E-state index in [1.165, 1.54) is 25.1 Å². The number of hydrogen-bond acceptors (Lipinski definition) is 3. The quantitative estimate of drug-likeness (QED) is 0.441. The molecule has 11 heteroatoms. The van der Waals surface area contributed by atoms with Crippen molar-refractivity contribution in [1.29, 1.82) is 0 Å². The van der Waals surface area contributed by atoms with E-state index in [0.717, 1.165) is 0 Å². The standard InChI is InChI=1S/C23H22Cl2F4N2O3/c1-11(2)34-19-16(9-14(24)10-17(19)25)13-4-5-15(18(26)8-13)12(3)30-20(32)22(6-7-22)31-21(33)23(27,28)29/h4-5,8-12H,6-7H2,1-3H3,(H,30,32)(H,31,33)/t12-/m1/s1. The predicted molar refractivity (Wildman–Crippen MR) is 120 cm³/mol. The molecule has 2 aromatic rings. The van der Waals surface area contributed by atoms with Gasteiger partial charge >= 0.3 is 12.1 Å². The van der Waals surface area contributed by atoms with Crippen LogP contribution in [0.3, 0.4) is 0 Å². The number of ether oxygens (including phenoxy) is 1. The molecule has 0 bridgehead atoms. The smallest absolute Gasteiger partial charge is 0.471 e. The molecule has 2 amide bonds. The molecule has 2 N–H and O–H groups in total. The highest BCUT2D eigenvalue weighted by Crippen LogP contribution is 2.41. The molecule has 0 aromatic heterocycles. The molecule has 1 aliphatic carbocycles. The first-order valence-electron chi connectivity index (χ1n) is 10.4. The lowest BCUT2D eigenvalue weighted by atomic mass is 9.99. The lowest BCUT2D eigenvalue weighted by Crippen LogP contribution is -2.53. The van der Waals surface area contributed by atoms with Gasteiger partial charge in [-0.25, -0.2) is 4.39 Å². The van der Waals surface area contributed by atoms with Crippen molar-refractivity contribution in [2.45, 2.75) is 57.5 Å². The number of amides is 2. The zero-order valence-electron chi connectivity index (χ0n) is 18.4. The van der Waals surface area contributed by atoms with E-state index in [-0.39, 0.29) is 29.5 Å². The fourth-order valence-corrected chi connectivity index (χ4v) is 3.95. The number of hydrogen-bond donors (Lipinski definition) is 2. The predicted octanol–water partition coefficient (Wildman–Crippen LogP) is 5.98. The summed E-state index contributed by atoms with van der Waals surface area (Å²) in [6.45, 7) is 5.11. The highest BCUT2D eigenvalue weighted by Gasteiger charge is 2.55. The Morgan fingerprint density at radius 3 is 2.26 bits per heavy atom. The molecule has 2 aromatic carbocycles. The molecule has 0 unspecified atom stereocenters. The van der Waals surface area contributed by atoms with E-state index < -0.39 is 35.4 Å². The third kappa shape index (κ3) is 5.75. The van der Waals surface area contributed by atoms with Crippen LogP contribution in [-0.4, -0.2) is 29.6 Å². The van der Waals surface area contributed by atoms with Crippen LogP contribution in [0.25, 0.3) is 11.1 Å². The lowest BCUT2D eigenvalue weighted by Gasteiger charge is -2.22. The van der Waals surface area contributed by atoms with Crippen molar-refractivity contribution in [3.63, 3.8) is 0 Å². The minimum absolute atomic E-state index is 0.0585. The molecule has 3 rings (SSSR count). The van der Waals surface area contributed by atoms with Gasteiger partial charge in [-0.05, 0) is 57.4 Å². The van der Waals surface area contributed by atoms with Gasteiger partial charge in [-0.3, -0.25) is 9.59 Å². The van der Waals surface area contributed by atoms with Crippen molar-refractivity contribution in [1.82, 2.24) is 10.6 Å². The van der Waals surface area contributed by atoms with Gasteiger partial charge in [0.25, 0.3) is 0 Å². The fourth-order valence-electron chi connectivity index (χ4n) is 3.41. The minimum Gasteiger partial charge on any atom is -0.489 e. The summed E-state index contributed by atoms with van der Waals surface area (Å²) in [7, 11) is 0. The van der Waals surface area contributed by atoms with Gasteiger partial charge in [0.1, 0.15) is 17.1 Å². The Morgan fingerprint density at radius 2 is 1.74 bits per heavy atom. The first-order chi connectivity index (χ1) is 15.7. The molecule has 0 saturated heterocycles. The highest BCUT2D eigenvalue weighted by atomic mass is 35.5. The van der Waals surface area contributed by atoms with Gasteiger partial charge in [0, 0.05) is 16.1 Å². The van der Waals surface area contributed by atoms with Crippen molar-refractivity contribution in [2.24, 2.45) is 0 Å². The molecule has 0 spiro atoms. The fraction of sp³-hybridized carbons (Fsp3) is 0.391. The number of alkyl halides is 3. The Morgan fingerprint density at radius 1 is 1.09 bits per heavy atom. The first kappa shape index (κ1) is 26.1. The second kappa shape index (κ2) is 9.62. The van der Waals surface area contributed by atoms with Gasteiger partial charge in [-0.1, -0.05) is 35.3 Å². The van der Waals surface area contributed by atoms with E-state index in [9.17, 15) is 22.8 Å². The molecular weight excluding hydrogens is 499 g/mol. The number of rotatable bonds is 7. The van der Waals surface area contributed by atoms with E-state index in [1.807, 2.05) is 13.8 Å². The summed E-state index contributed by atoms with van der Waals surface area (Å²) in [6, 6.07) is 6.48. The molecule has 1 saturated carbocycles. The second-order valence-corrected chi connectivity index (χ2v) is 9.24. The molecule has 5 nitrogen and oxygen atoms in total. The van der Waals surface area contributed by atoms with Crippen molar-refractivity contribution < 1.29 is 31.9 Å². The van der Waals surface area contributed by atoms with Crippen LogP contribution in [0, 0.1) is 5.82 Å². The number of nitrogens with one attached hydrogen (secondary N) is 2. The van der Waals surface area contributed by atoms with Crippen LogP contribution in [0.5, 0.6) is 5.75 Å². The maximum absolute atomic E-state index is 15.0. The van der Waals surface area contributed by atoms with Gasteiger partial charge in [-0.15, -0.1) is 0 Å². The normalized spacial score (nSPS) is 15.6. The SMILES string of the molecule is CC(C)Oc1c(Cl)cc(Cl)cc1-c1ccc([C@@H](C)NC(=O)C2(NC(=O)C(F)(F)F)CC2)c(F)c1. The number of carbonyl (C=O) groups is 2. The Bertz CT molecular complexity index is 1120. The molecule has 0 heterocycles. The molecule has 1 aliphatic rings. The molecule has 0 radical (unpaired) electrons. The van der Waals surface area contributed by atoms with Gasteiger partial charge in [-0.2, -0.15) is 13.2 Å². The van der Waals surface area contributed by atoms with Crippen LogP contribution >= 0.6 is 23.2 Å². The number of benzene rings is 2. The zero-order valence-corrected chi connectivity index (χ0v) is 20.0.